The first-order valence-corrected chi connectivity index (χ1v) is 7.58. The smallest absolute Gasteiger partial charge is 0.222 e. The number of hydrogen-bond donors (Lipinski definition) is 3. The molecule has 0 atom stereocenters. The average molecular weight is 416 g/mol. The summed E-state index contributed by atoms with van der Waals surface area (Å²) >= 11 is 0. The van der Waals surface area contributed by atoms with Gasteiger partial charge in [-0.15, -0.1) is 24.0 Å². The monoisotopic (exact) mass is 416 g/mol. The van der Waals surface area contributed by atoms with Gasteiger partial charge in [0.15, 0.2) is 5.96 Å². The largest absolute Gasteiger partial charge is 0.370 e. The zero-order valence-corrected chi connectivity index (χ0v) is 15.1. The Bertz CT molecular complexity index is 474. The van der Waals surface area contributed by atoms with E-state index < -0.39 is 0 Å². The van der Waals surface area contributed by atoms with E-state index in [2.05, 4.69) is 15.6 Å². The van der Waals surface area contributed by atoms with Gasteiger partial charge >= 0.3 is 0 Å². The molecule has 0 spiro atoms. The Morgan fingerprint density at radius 2 is 1.95 bits per heavy atom. The van der Waals surface area contributed by atoms with E-state index in [1.165, 1.54) is 19.3 Å². The number of carbonyl (C=O) groups excluding carboxylic acids is 1. The van der Waals surface area contributed by atoms with Crippen LogP contribution in [0.3, 0.4) is 0 Å². The highest BCUT2D eigenvalue weighted by Crippen LogP contribution is 2.26. The van der Waals surface area contributed by atoms with Gasteiger partial charge in [-0.25, -0.2) is 0 Å². The van der Waals surface area contributed by atoms with Gasteiger partial charge in [0, 0.05) is 26.1 Å². The van der Waals surface area contributed by atoms with Gasteiger partial charge in [-0.3, -0.25) is 9.79 Å². The van der Waals surface area contributed by atoms with Crippen molar-refractivity contribution in [3.63, 3.8) is 0 Å². The van der Waals surface area contributed by atoms with Gasteiger partial charge in [-0.05, 0) is 24.3 Å². The molecule has 5 nitrogen and oxygen atoms in total. The Kier molecular flexibility index (Phi) is 8.88. The fourth-order valence-electron chi connectivity index (χ4n) is 2.15. The van der Waals surface area contributed by atoms with E-state index in [1.807, 2.05) is 30.3 Å². The summed E-state index contributed by atoms with van der Waals surface area (Å²) in [4.78, 5) is 16.0. The number of nitrogens with two attached hydrogens (primary N) is 1. The molecule has 4 N–H and O–H groups in total. The van der Waals surface area contributed by atoms with E-state index in [-0.39, 0.29) is 29.9 Å². The predicted molar refractivity (Wildman–Crippen MR) is 100 cm³/mol. The van der Waals surface area contributed by atoms with Crippen LogP contribution in [0.2, 0.25) is 0 Å². The Labute approximate surface area is 149 Å². The molecule has 6 heteroatoms. The first kappa shape index (κ1) is 18.7. The summed E-state index contributed by atoms with van der Waals surface area (Å²) in [6.07, 6.45) is 4.24. The topological polar surface area (TPSA) is 79.5 Å². The SMILES string of the molecule is I.NC(=NCC1CCC1)NCCC(=O)NCc1ccccc1. The van der Waals surface area contributed by atoms with Crippen LogP contribution in [0.5, 0.6) is 0 Å². The molecule has 0 bridgehead atoms. The number of nitrogens with zero attached hydrogens (tertiary/aromatic N) is 1. The summed E-state index contributed by atoms with van der Waals surface area (Å²) in [5.74, 6) is 1.16. The van der Waals surface area contributed by atoms with Crippen LogP contribution in [0.1, 0.15) is 31.2 Å². The third kappa shape index (κ3) is 7.11. The summed E-state index contributed by atoms with van der Waals surface area (Å²) in [7, 11) is 0. The second kappa shape index (κ2) is 10.4. The minimum absolute atomic E-state index is 0. The van der Waals surface area contributed by atoms with Gasteiger partial charge in [0.25, 0.3) is 0 Å². The maximum Gasteiger partial charge on any atom is 0.222 e. The zero-order chi connectivity index (χ0) is 14.9. The lowest BCUT2D eigenvalue weighted by Crippen LogP contribution is -2.35. The average Bonchev–Trinajstić information content (AvgIpc) is 2.44. The Hall–Kier alpha value is -1.31. The molecule has 1 aliphatic carbocycles. The van der Waals surface area contributed by atoms with Gasteiger partial charge < -0.3 is 16.4 Å². The van der Waals surface area contributed by atoms with Gasteiger partial charge in [-0.1, -0.05) is 36.8 Å². The zero-order valence-electron chi connectivity index (χ0n) is 12.8. The van der Waals surface area contributed by atoms with Crippen molar-refractivity contribution in [2.24, 2.45) is 16.6 Å². The summed E-state index contributed by atoms with van der Waals surface area (Å²) in [5, 5.41) is 5.86. The molecule has 1 aliphatic rings. The summed E-state index contributed by atoms with van der Waals surface area (Å²) in [6, 6.07) is 9.86. The molecule has 1 saturated carbocycles. The molecule has 122 valence electrons. The van der Waals surface area contributed by atoms with E-state index >= 15 is 0 Å². The molecule has 1 fully saturated rings. The van der Waals surface area contributed by atoms with Crippen molar-refractivity contribution in [1.82, 2.24) is 10.6 Å². The van der Waals surface area contributed by atoms with Crippen molar-refractivity contribution in [2.45, 2.75) is 32.2 Å². The number of hydrogen-bond acceptors (Lipinski definition) is 2. The van der Waals surface area contributed by atoms with Gasteiger partial charge in [0.2, 0.25) is 5.91 Å². The highest BCUT2D eigenvalue weighted by atomic mass is 127. The van der Waals surface area contributed by atoms with Crippen molar-refractivity contribution in [3.8, 4) is 0 Å². The van der Waals surface area contributed by atoms with Gasteiger partial charge in [0.1, 0.15) is 0 Å². The fraction of sp³-hybridized carbons (Fsp3) is 0.500. The molecule has 0 aliphatic heterocycles. The van der Waals surface area contributed by atoms with Crippen LogP contribution in [0.25, 0.3) is 0 Å². The number of guanidine groups is 1. The standard InChI is InChI=1S/C16H24N4O.HI/c17-16(20-12-14-7-4-8-14)18-10-9-15(21)19-11-13-5-2-1-3-6-13;/h1-3,5-6,14H,4,7-12H2,(H,19,21)(H3,17,18,20);1H. The van der Waals surface area contributed by atoms with Crippen LogP contribution in [-0.2, 0) is 11.3 Å². The van der Waals surface area contributed by atoms with Crippen LogP contribution >= 0.6 is 24.0 Å². The maximum atomic E-state index is 11.7. The Balaban J connectivity index is 0.00000242. The van der Waals surface area contributed by atoms with E-state index in [9.17, 15) is 4.79 Å². The second-order valence-electron chi connectivity index (χ2n) is 5.46. The Morgan fingerprint density at radius 3 is 2.59 bits per heavy atom. The van der Waals surface area contributed by atoms with Crippen LogP contribution in [0.15, 0.2) is 35.3 Å². The molecule has 0 unspecified atom stereocenters. The molecule has 22 heavy (non-hydrogen) atoms. The van der Waals surface area contributed by atoms with E-state index in [4.69, 9.17) is 5.73 Å². The highest BCUT2D eigenvalue weighted by Gasteiger charge is 2.16. The van der Waals surface area contributed by atoms with Crippen molar-refractivity contribution >= 4 is 35.8 Å². The lowest BCUT2D eigenvalue weighted by atomic mass is 9.86. The molecule has 0 aromatic heterocycles. The number of carbonyl (C=O) groups is 1. The highest BCUT2D eigenvalue weighted by molar-refractivity contribution is 14.0. The number of nitrogens with one attached hydrogen (secondary N) is 2. The van der Waals surface area contributed by atoms with Crippen LogP contribution in [0.4, 0.5) is 0 Å². The molecule has 1 aromatic carbocycles. The van der Waals surface area contributed by atoms with E-state index in [1.54, 1.807) is 0 Å². The molecule has 0 saturated heterocycles. The minimum Gasteiger partial charge on any atom is -0.370 e. The number of amides is 1. The Morgan fingerprint density at radius 1 is 1.23 bits per heavy atom. The van der Waals surface area contributed by atoms with Crippen LogP contribution in [-0.4, -0.2) is 25.0 Å². The maximum absolute atomic E-state index is 11.7. The van der Waals surface area contributed by atoms with Crippen molar-refractivity contribution in [1.29, 1.82) is 0 Å². The quantitative estimate of drug-likeness (QED) is 0.362. The first-order valence-electron chi connectivity index (χ1n) is 7.58. The summed E-state index contributed by atoms with van der Waals surface area (Å²) in [5.41, 5.74) is 6.86. The lowest BCUT2D eigenvalue weighted by Gasteiger charge is -2.23. The normalized spacial score (nSPS) is 14.6. The van der Waals surface area contributed by atoms with Gasteiger partial charge in [-0.2, -0.15) is 0 Å². The molecule has 2 rings (SSSR count). The third-order valence-electron chi connectivity index (χ3n) is 3.74. The molecular weight excluding hydrogens is 391 g/mol. The lowest BCUT2D eigenvalue weighted by molar-refractivity contribution is -0.121. The van der Waals surface area contributed by atoms with Crippen molar-refractivity contribution < 1.29 is 4.79 Å². The van der Waals surface area contributed by atoms with Crippen molar-refractivity contribution in [2.75, 3.05) is 13.1 Å². The van der Waals surface area contributed by atoms with Crippen molar-refractivity contribution in [3.05, 3.63) is 35.9 Å². The van der Waals surface area contributed by atoms with Gasteiger partial charge in [0.05, 0.1) is 0 Å². The van der Waals surface area contributed by atoms with E-state index in [0.29, 0.717) is 31.4 Å². The summed E-state index contributed by atoms with van der Waals surface area (Å²) < 4.78 is 0. The number of benzene rings is 1. The number of rotatable bonds is 7. The predicted octanol–water partition coefficient (Wildman–Crippen LogP) is 2.02. The van der Waals surface area contributed by atoms with Crippen LogP contribution < -0.4 is 16.4 Å². The number of aliphatic imine (C=N–C) groups is 1. The fourth-order valence-corrected chi connectivity index (χ4v) is 2.15. The summed E-state index contributed by atoms with van der Waals surface area (Å²) in [6.45, 7) is 1.88. The molecule has 0 heterocycles. The van der Waals surface area contributed by atoms with Crippen LogP contribution in [0, 0.1) is 5.92 Å². The molecular formula is C16H25IN4O. The third-order valence-corrected chi connectivity index (χ3v) is 3.74. The van der Waals surface area contributed by atoms with E-state index in [0.717, 1.165) is 12.1 Å². The molecule has 1 amide bonds. The number of halogens is 1. The molecule has 0 radical (unpaired) electrons. The molecule has 1 aromatic rings. The second-order valence-corrected chi connectivity index (χ2v) is 5.46. The minimum atomic E-state index is 0. The first-order chi connectivity index (χ1) is 10.2.